The van der Waals surface area contributed by atoms with Gasteiger partial charge in [-0.15, -0.1) is 23.2 Å². The summed E-state index contributed by atoms with van der Waals surface area (Å²) in [6, 6.07) is 0. The number of rotatable bonds is 10. The highest BCUT2D eigenvalue weighted by Crippen LogP contribution is 2.15. The largest absolute Gasteiger partial charge is 0.126 e. The molecule has 0 atom stereocenters. The molecule has 0 aromatic carbocycles. The van der Waals surface area contributed by atoms with E-state index in [2.05, 4.69) is 6.92 Å². The Morgan fingerprint density at radius 2 is 1.29 bits per heavy atom. The third-order valence-corrected chi connectivity index (χ3v) is 3.53. The Morgan fingerprint density at radius 1 is 0.786 bits per heavy atom. The van der Waals surface area contributed by atoms with Crippen molar-refractivity contribution in [3.63, 3.8) is 0 Å². The van der Waals surface area contributed by atoms with Crippen molar-refractivity contribution in [3.8, 4) is 0 Å². The van der Waals surface area contributed by atoms with Crippen LogP contribution in [0.1, 0.15) is 58.3 Å². The lowest BCUT2D eigenvalue weighted by atomic mass is 10.0. The van der Waals surface area contributed by atoms with Crippen LogP contribution in [-0.4, -0.2) is 11.8 Å². The second-order valence-corrected chi connectivity index (χ2v) is 4.70. The minimum Gasteiger partial charge on any atom is -0.126 e. The molecule has 0 saturated heterocycles. The first-order chi connectivity index (χ1) is 6.85. The molecule has 0 N–H and O–H groups in total. The van der Waals surface area contributed by atoms with Crippen LogP contribution in [0.4, 0.5) is 0 Å². The van der Waals surface area contributed by atoms with Gasteiger partial charge in [-0.25, -0.2) is 0 Å². The number of unbranched alkanes of at least 4 members (excludes halogenated alkanes) is 6. The molecule has 0 aliphatic heterocycles. The molecule has 0 aliphatic rings. The van der Waals surface area contributed by atoms with Crippen LogP contribution in [0.2, 0.25) is 0 Å². The van der Waals surface area contributed by atoms with Gasteiger partial charge in [-0.3, -0.25) is 0 Å². The Labute approximate surface area is 99.4 Å². The SMILES string of the molecule is CCCCCCCCCC(CCl)CCl. The van der Waals surface area contributed by atoms with Crippen LogP contribution in [0.5, 0.6) is 0 Å². The molecular weight excluding hydrogens is 215 g/mol. The van der Waals surface area contributed by atoms with Crippen molar-refractivity contribution in [1.29, 1.82) is 0 Å². The van der Waals surface area contributed by atoms with Crippen LogP contribution in [0.15, 0.2) is 0 Å². The normalized spacial score (nSPS) is 11.1. The van der Waals surface area contributed by atoms with Crippen molar-refractivity contribution in [3.05, 3.63) is 0 Å². The van der Waals surface area contributed by atoms with E-state index >= 15 is 0 Å². The van der Waals surface area contributed by atoms with E-state index in [-0.39, 0.29) is 0 Å². The van der Waals surface area contributed by atoms with Crippen molar-refractivity contribution in [1.82, 2.24) is 0 Å². The van der Waals surface area contributed by atoms with E-state index in [1.54, 1.807) is 0 Å². The predicted octanol–water partition coefficient (Wildman–Crippen LogP) is 5.22. The second-order valence-electron chi connectivity index (χ2n) is 4.08. The van der Waals surface area contributed by atoms with Gasteiger partial charge in [-0.2, -0.15) is 0 Å². The fourth-order valence-corrected chi connectivity index (χ4v) is 2.22. The van der Waals surface area contributed by atoms with E-state index in [0.717, 1.165) is 11.8 Å². The van der Waals surface area contributed by atoms with E-state index in [4.69, 9.17) is 23.2 Å². The summed E-state index contributed by atoms with van der Waals surface area (Å²) in [5, 5.41) is 0. The molecule has 14 heavy (non-hydrogen) atoms. The van der Waals surface area contributed by atoms with Crippen LogP contribution in [0.25, 0.3) is 0 Å². The molecule has 0 heterocycles. The second kappa shape index (κ2) is 11.7. The third kappa shape index (κ3) is 9.15. The van der Waals surface area contributed by atoms with Crippen LogP contribution in [-0.2, 0) is 0 Å². The fraction of sp³-hybridized carbons (Fsp3) is 1.00. The Hall–Kier alpha value is 0.580. The molecule has 0 rings (SSSR count). The molecule has 0 aromatic heterocycles. The first-order valence-corrected chi connectivity index (χ1v) is 7.04. The first kappa shape index (κ1) is 14.6. The summed E-state index contributed by atoms with van der Waals surface area (Å²) in [6.07, 6.45) is 10.8. The summed E-state index contributed by atoms with van der Waals surface area (Å²) in [5.41, 5.74) is 0. The quantitative estimate of drug-likeness (QED) is 0.362. The molecule has 0 amide bonds. The van der Waals surface area contributed by atoms with Gasteiger partial charge < -0.3 is 0 Å². The zero-order valence-corrected chi connectivity index (χ0v) is 10.9. The maximum Gasteiger partial charge on any atom is 0.0263 e. The topological polar surface area (TPSA) is 0 Å². The van der Waals surface area contributed by atoms with E-state index in [1.165, 1.54) is 51.4 Å². The lowest BCUT2D eigenvalue weighted by Gasteiger charge is -2.08. The van der Waals surface area contributed by atoms with Gasteiger partial charge in [0, 0.05) is 11.8 Å². The van der Waals surface area contributed by atoms with Gasteiger partial charge in [0.1, 0.15) is 0 Å². The van der Waals surface area contributed by atoms with Gasteiger partial charge >= 0.3 is 0 Å². The number of hydrogen-bond acceptors (Lipinski definition) is 0. The van der Waals surface area contributed by atoms with Crippen molar-refractivity contribution < 1.29 is 0 Å². The number of alkyl halides is 2. The lowest BCUT2D eigenvalue weighted by Crippen LogP contribution is -2.03. The molecule has 0 unspecified atom stereocenters. The van der Waals surface area contributed by atoms with Gasteiger partial charge in [0.2, 0.25) is 0 Å². The summed E-state index contributed by atoms with van der Waals surface area (Å²) in [5.74, 6) is 1.98. The molecule has 0 spiro atoms. The predicted molar refractivity (Wildman–Crippen MR) is 67.5 cm³/mol. The minimum atomic E-state index is 0.536. The average molecular weight is 239 g/mol. The number of hydrogen-bond donors (Lipinski definition) is 0. The molecule has 0 bridgehead atoms. The average Bonchev–Trinajstić information content (AvgIpc) is 2.22. The summed E-state index contributed by atoms with van der Waals surface area (Å²) < 4.78 is 0. The Kier molecular flexibility index (Phi) is 12.1. The van der Waals surface area contributed by atoms with Gasteiger partial charge in [0.25, 0.3) is 0 Å². The molecule has 2 heteroatoms. The molecule has 0 radical (unpaired) electrons. The summed E-state index contributed by atoms with van der Waals surface area (Å²) in [6.45, 7) is 2.26. The van der Waals surface area contributed by atoms with Crippen molar-refractivity contribution in [2.45, 2.75) is 58.3 Å². The van der Waals surface area contributed by atoms with E-state index in [1.807, 2.05) is 0 Å². The molecule has 0 saturated carbocycles. The highest BCUT2D eigenvalue weighted by Gasteiger charge is 2.04. The Morgan fingerprint density at radius 3 is 1.79 bits per heavy atom. The van der Waals surface area contributed by atoms with E-state index < -0.39 is 0 Å². The van der Waals surface area contributed by atoms with Gasteiger partial charge in [-0.05, 0) is 12.3 Å². The fourth-order valence-electron chi connectivity index (χ4n) is 1.59. The highest BCUT2D eigenvalue weighted by atomic mass is 35.5. The van der Waals surface area contributed by atoms with E-state index in [0.29, 0.717) is 5.92 Å². The van der Waals surface area contributed by atoms with Gasteiger partial charge in [-0.1, -0.05) is 51.9 Å². The van der Waals surface area contributed by atoms with Gasteiger partial charge in [0.15, 0.2) is 0 Å². The standard InChI is InChI=1S/C12H24Cl2/c1-2-3-4-5-6-7-8-9-12(10-13)11-14/h12H,2-11H2,1H3. The molecule has 0 nitrogen and oxygen atoms in total. The summed E-state index contributed by atoms with van der Waals surface area (Å²) in [4.78, 5) is 0. The first-order valence-electron chi connectivity index (χ1n) is 5.97. The van der Waals surface area contributed by atoms with Crippen molar-refractivity contribution >= 4 is 23.2 Å². The summed E-state index contributed by atoms with van der Waals surface area (Å²) >= 11 is 11.5. The zero-order chi connectivity index (χ0) is 10.6. The minimum absolute atomic E-state index is 0.536. The van der Waals surface area contributed by atoms with Crippen LogP contribution in [0.3, 0.4) is 0 Å². The van der Waals surface area contributed by atoms with Crippen LogP contribution < -0.4 is 0 Å². The molecular formula is C12H24Cl2. The summed E-state index contributed by atoms with van der Waals surface area (Å²) in [7, 11) is 0. The zero-order valence-electron chi connectivity index (χ0n) is 9.40. The van der Waals surface area contributed by atoms with Crippen LogP contribution in [0, 0.1) is 5.92 Å². The lowest BCUT2D eigenvalue weighted by molar-refractivity contribution is 0.517. The molecule has 86 valence electrons. The maximum absolute atomic E-state index is 5.76. The number of halogens is 2. The maximum atomic E-state index is 5.76. The van der Waals surface area contributed by atoms with Gasteiger partial charge in [0.05, 0.1) is 0 Å². The van der Waals surface area contributed by atoms with Crippen LogP contribution >= 0.6 is 23.2 Å². The Balaban J connectivity index is 3.04. The monoisotopic (exact) mass is 238 g/mol. The Bertz CT molecular complexity index is 100. The van der Waals surface area contributed by atoms with Crippen molar-refractivity contribution in [2.75, 3.05) is 11.8 Å². The molecule has 0 fully saturated rings. The molecule has 0 aliphatic carbocycles. The highest BCUT2D eigenvalue weighted by molar-refractivity contribution is 6.20. The third-order valence-electron chi connectivity index (χ3n) is 2.65. The molecule has 0 aromatic rings. The van der Waals surface area contributed by atoms with E-state index in [9.17, 15) is 0 Å². The smallest absolute Gasteiger partial charge is 0.0263 e. The van der Waals surface area contributed by atoms with Crippen molar-refractivity contribution in [2.24, 2.45) is 5.92 Å².